The van der Waals surface area contributed by atoms with E-state index in [0.29, 0.717) is 5.82 Å². The quantitative estimate of drug-likeness (QED) is 0.470. The topological polar surface area (TPSA) is 61.0 Å². The Morgan fingerprint density at radius 2 is 1.71 bits per heavy atom. The summed E-state index contributed by atoms with van der Waals surface area (Å²) in [5.41, 5.74) is 11.5. The lowest BCUT2D eigenvalue weighted by molar-refractivity contribution is 0.317. The molecule has 0 aliphatic rings. The zero-order valence-electron chi connectivity index (χ0n) is 16.4. The van der Waals surface area contributed by atoms with Crippen molar-refractivity contribution in [1.82, 2.24) is 9.97 Å². The molecule has 0 aliphatic carbocycles. The minimum Gasteiger partial charge on any atom is -0.494 e. The number of anilines is 1. The summed E-state index contributed by atoms with van der Waals surface area (Å²) in [5, 5.41) is 2.17. The molecule has 0 atom stereocenters. The van der Waals surface area contributed by atoms with Gasteiger partial charge in [0, 0.05) is 17.0 Å². The van der Waals surface area contributed by atoms with E-state index in [0.717, 1.165) is 53.4 Å². The lowest BCUT2D eigenvalue weighted by atomic mass is 10.0. The molecule has 0 fully saturated rings. The van der Waals surface area contributed by atoms with E-state index in [1.165, 1.54) is 16.7 Å². The van der Waals surface area contributed by atoms with Crippen LogP contribution in [0.2, 0.25) is 0 Å². The summed E-state index contributed by atoms with van der Waals surface area (Å²) in [6, 6.07) is 16.9. The Labute approximate surface area is 165 Å². The smallest absolute Gasteiger partial charge is 0.150 e. The van der Waals surface area contributed by atoms with Gasteiger partial charge in [0.1, 0.15) is 11.3 Å². The normalized spacial score (nSPS) is 11.2. The second kappa shape index (κ2) is 7.85. The van der Waals surface area contributed by atoms with Crippen LogP contribution in [-0.2, 0) is 12.8 Å². The average Bonchev–Trinajstić information content (AvgIpc) is 2.71. The number of nitrogens with two attached hydrogens (primary N) is 1. The van der Waals surface area contributed by atoms with E-state index in [1.54, 1.807) is 0 Å². The number of fused-ring (bicyclic) bond motifs is 3. The molecule has 4 nitrogen and oxygen atoms in total. The zero-order valence-corrected chi connectivity index (χ0v) is 16.4. The number of hydrogen-bond donors (Lipinski definition) is 1. The Morgan fingerprint density at radius 1 is 0.929 bits per heavy atom. The Balaban J connectivity index is 1.58. The van der Waals surface area contributed by atoms with Gasteiger partial charge >= 0.3 is 0 Å². The van der Waals surface area contributed by atoms with Crippen LogP contribution in [0.1, 0.15) is 30.0 Å². The molecule has 0 aliphatic heterocycles. The van der Waals surface area contributed by atoms with Crippen LogP contribution in [0.5, 0.6) is 5.75 Å². The molecule has 0 saturated heterocycles. The number of benzene rings is 2. The third-order valence-corrected chi connectivity index (χ3v) is 4.97. The van der Waals surface area contributed by atoms with Gasteiger partial charge in [0.05, 0.1) is 12.1 Å². The van der Waals surface area contributed by atoms with Crippen molar-refractivity contribution in [2.24, 2.45) is 0 Å². The van der Waals surface area contributed by atoms with Gasteiger partial charge in [-0.05, 0) is 67.1 Å². The van der Waals surface area contributed by atoms with Crippen molar-refractivity contribution in [2.45, 2.75) is 33.1 Å². The van der Waals surface area contributed by atoms with Gasteiger partial charge in [0.15, 0.2) is 5.82 Å². The van der Waals surface area contributed by atoms with E-state index in [9.17, 15) is 0 Å². The largest absolute Gasteiger partial charge is 0.494 e. The second-order valence-corrected chi connectivity index (χ2v) is 7.25. The van der Waals surface area contributed by atoms with Crippen LogP contribution in [0, 0.1) is 6.92 Å². The van der Waals surface area contributed by atoms with Crippen LogP contribution in [0.25, 0.3) is 21.8 Å². The van der Waals surface area contributed by atoms with Crippen molar-refractivity contribution in [1.29, 1.82) is 0 Å². The Bertz CT molecular complexity index is 1120. The summed E-state index contributed by atoms with van der Waals surface area (Å²) in [6.07, 6.45) is 4.82. The van der Waals surface area contributed by atoms with E-state index in [2.05, 4.69) is 60.2 Å². The Morgan fingerprint density at radius 3 is 2.50 bits per heavy atom. The van der Waals surface area contributed by atoms with Crippen LogP contribution < -0.4 is 10.5 Å². The molecule has 4 aromatic rings. The summed E-state index contributed by atoms with van der Waals surface area (Å²) in [6.45, 7) is 4.93. The van der Waals surface area contributed by atoms with Crippen molar-refractivity contribution in [2.75, 3.05) is 12.3 Å². The molecule has 2 aromatic carbocycles. The lowest BCUT2D eigenvalue weighted by Gasteiger charge is -2.09. The van der Waals surface area contributed by atoms with Crippen molar-refractivity contribution in [3.63, 3.8) is 0 Å². The molecule has 0 bridgehead atoms. The fraction of sp³-hybridized carbons (Fsp3) is 0.250. The molecule has 4 rings (SSSR count). The third kappa shape index (κ3) is 3.77. The number of nitrogen functional groups attached to an aromatic ring is 1. The number of aryl methyl sites for hydroxylation is 3. The maximum Gasteiger partial charge on any atom is 0.150 e. The molecular formula is C24H25N3O. The highest BCUT2D eigenvalue weighted by Gasteiger charge is 2.09. The summed E-state index contributed by atoms with van der Waals surface area (Å²) in [5.74, 6) is 1.42. The molecule has 0 radical (unpaired) electrons. The SMILES string of the molecule is CCCOc1ccc(CCc2cnc3c(N)nc4cc(C)ccc4c3c2)cc1. The van der Waals surface area contributed by atoms with E-state index >= 15 is 0 Å². The molecule has 2 heterocycles. The van der Waals surface area contributed by atoms with Gasteiger partial charge < -0.3 is 10.5 Å². The molecule has 2 aromatic heterocycles. The van der Waals surface area contributed by atoms with Gasteiger partial charge in [0.25, 0.3) is 0 Å². The molecule has 0 amide bonds. The van der Waals surface area contributed by atoms with E-state index in [4.69, 9.17) is 10.5 Å². The third-order valence-electron chi connectivity index (χ3n) is 4.97. The van der Waals surface area contributed by atoms with Gasteiger partial charge in [-0.25, -0.2) is 4.98 Å². The van der Waals surface area contributed by atoms with Gasteiger partial charge in [0.2, 0.25) is 0 Å². The first-order valence-corrected chi connectivity index (χ1v) is 9.80. The van der Waals surface area contributed by atoms with E-state index in [1.807, 2.05) is 18.3 Å². The maximum absolute atomic E-state index is 6.15. The van der Waals surface area contributed by atoms with Crippen LogP contribution in [-0.4, -0.2) is 16.6 Å². The average molecular weight is 371 g/mol. The molecule has 4 heteroatoms. The first-order chi connectivity index (χ1) is 13.6. The number of nitrogens with zero attached hydrogens (tertiary/aromatic N) is 2. The Hall–Kier alpha value is -3.14. The highest BCUT2D eigenvalue weighted by Crippen LogP contribution is 2.28. The molecular weight excluding hydrogens is 346 g/mol. The molecule has 0 spiro atoms. The summed E-state index contributed by atoms with van der Waals surface area (Å²) in [4.78, 5) is 9.13. The number of hydrogen-bond acceptors (Lipinski definition) is 4. The molecule has 28 heavy (non-hydrogen) atoms. The summed E-state index contributed by atoms with van der Waals surface area (Å²) >= 11 is 0. The summed E-state index contributed by atoms with van der Waals surface area (Å²) in [7, 11) is 0. The maximum atomic E-state index is 6.15. The molecule has 0 saturated carbocycles. The van der Waals surface area contributed by atoms with Gasteiger partial charge in [-0.15, -0.1) is 0 Å². The summed E-state index contributed by atoms with van der Waals surface area (Å²) < 4.78 is 5.65. The highest BCUT2D eigenvalue weighted by atomic mass is 16.5. The lowest BCUT2D eigenvalue weighted by Crippen LogP contribution is -1.98. The first-order valence-electron chi connectivity index (χ1n) is 9.80. The number of rotatable bonds is 6. The predicted molar refractivity (Wildman–Crippen MR) is 116 cm³/mol. The fourth-order valence-corrected chi connectivity index (χ4v) is 3.46. The first kappa shape index (κ1) is 18.2. The standard InChI is InChI=1S/C24H25N3O/c1-3-12-28-19-9-7-17(8-10-19)5-6-18-14-21-20-11-4-16(2)13-22(20)27-24(25)23(21)26-15-18/h4,7-11,13-15H,3,5-6,12H2,1-2H3,(H2,25,27). The number of aromatic nitrogens is 2. The van der Waals surface area contributed by atoms with Crippen LogP contribution in [0.15, 0.2) is 54.7 Å². The van der Waals surface area contributed by atoms with Crippen molar-refractivity contribution in [3.8, 4) is 5.75 Å². The minimum atomic E-state index is 0.488. The Kier molecular flexibility index (Phi) is 5.11. The van der Waals surface area contributed by atoms with Crippen LogP contribution in [0.4, 0.5) is 5.82 Å². The van der Waals surface area contributed by atoms with Crippen LogP contribution >= 0.6 is 0 Å². The number of pyridine rings is 2. The van der Waals surface area contributed by atoms with Crippen molar-refractivity contribution in [3.05, 3.63) is 71.4 Å². The van der Waals surface area contributed by atoms with E-state index < -0.39 is 0 Å². The van der Waals surface area contributed by atoms with Crippen LogP contribution in [0.3, 0.4) is 0 Å². The van der Waals surface area contributed by atoms with E-state index in [-0.39, 0.29) is 0 Å². The molecule has 0 unspecified atom stereocenters. The van der Waals surface area contributed by atoms with Gasteiger partial charge in [-0.2, -0.15) is 0 Å². The fourth-order valence-electron chi connectivity index (χ4n) is 3.46. The zero-order chi connectivity index (χ0) is 19.5. The van der Waals surface area contributed by atoms with Crippen molar-refractivity contribution < 1.29 is 4.74 Å². The molecule has 142 valence electrons. The predicted octanol–water partition coefficient (Wildman–Crippen LogP) is 5.25. The van der Waals surface area contributed by atoms with Gasteiger partial charge in [-0.1, -0.05) is 31.2 Å². The van der Waals surface area contributed by atoms with Gasteiger partial charge in [-0.3, -0.25) is 4.98 Å². The van der Waals surface area contributed by atoms with Crippen molar-refractivity contribution >= 4 is 27.6 Å². The highest BCUT2D eigenvalue weighted by molar-refractivity contribution is 6.08. The minimum absolute atomic E-state index is 0.488. The monoisotopic (exact) mass is 371 g/mol. The number of ether oxygens (including phenoxy) is 1. The second-order valence-electron chi connectivity index (χ2n) is 7.25. The molecule has 2 N–H and O–H groups in total.